The van der Waals surface area contributed by atoms with Crippen LogP contribution < -0.4 is 5.32 Å². The lowest BCUT2D eigenvalue weighted by Crippen LogP contribution is -2.48. The van der Waals surface area contributed by atoms with Gasteiger partial charge in [-0.05, 0) is 56.2 Å². The van der Waals surface area contributed by atoms with E-state index in [1.54, 1.807) is 31.2 Å². The Morgan fingerprint density at radius 1 is 1.05 bits per heavy atom. The van der Waals surface area contributed by atoms with Crippen LogP contribution in [0.15, 0.2) is 64.8 Å². The summed E-state index contributed by atoms with van der Waals surface area (Å²) in [4.78, 5) is 20.7. The highest BCUT2D eigenvalue weighted by Gasteiger charge is 2.32. The average Bonchev–Trinajstić information content (AvgIpc) is 2.85. The fourth-order valence-corrected chi connectivity index (χ4v) is 7.15. The van der Waals surface area contributed by atoms with Crippen molar-refractivity contribution in [2.75, 3.05) is 18.4 Å². The van der Waals surface area contributed by atoms with E-state index in [0.717, 1.165) is 11.8 Å². The molecule has 1 aromatic heterocycles. The van der Waals surface area contributed by atoms with Gasteiger partial charge < -0.3 is 10.1 Å². The fourth-order valence-electron chi connectivity index (χ4n) is 4.08. The number of amides is 1. The second-order valence-electron chi connectivity index (χ2n) is 9.09. The maximum Gasteiger partial charge on any atom is 0.275 e. The van der Waals surface area contributed by atoms with Crippen LogP contribution in [0.2, 0.25) is 5.02 Å². The molecule has 0 aliphatic carbocycles. The molecular formula is C25H27ClN4O6S2. The van der Waals surface area contributed by atoms with E-state index in [-0.39, 0.29) is 52.3 Å². The lowest BCUT2D eigenvalue weighted by atomic mass is 10.1. The molecule has 1 N–H and O–H groups in total. The minimum Gasteiger partial charge on any atom is -0.373 e. The second kappa shape index (κ2) is 11.1. The summed E-state index contributed by atoms with van der Waals surface area (Å²) in [5.74, 6) is -1.10. The summed E-state index contributed by atoms with van der Waals surface area (Å²) in [5, 5.41) is 1.92. The molecule has 1 aliphatic rings. The number of rotatable bonds is 7. The number of nitrogens with zero attached hydrogens (tertiary/aromatic N) is 3. The number of anilines is 1. The number of benzene rings is 2. The van der Waals surface area contributed by atoms with Crippen LogP contribution in [-0.2, 0) is 30.4 Å². The Morgan fingerprint density at radius 3 is 2.32 bits per heavy atom. The number of ether oxygens (including phenoxy) is 1. The summed E-state index contributed by atoms with van der Waals surface area (Å²) < 4.78 is 59.0. The number of hydrogen-bond donors (Lipinski definition) is 1. The zero-order valence-corrected chi connectivity index (χ0v) is 23.3. The molecule has 38 heavy (non-hydrogen) atoms. The topological polar surface area (TPSA) is 136 Å². The van der Waals surface area contributed by atoms with Gasteiger partial charge in [-0.1, -0.05) is 35.9 Å². The SMILES string of the molecule is Cc1ccccc1CS(=O)(=O)c1ncc(Cl)c(C(=O)Nc2ccc(S(=O)(=O)N3CC(C)OC(C)C3)cc2)n1. The van der Waals surface area contributed by atoms with Crippen LogP contribution in [0, 0.1) is 6.92 Å². The van der Waals surface area contributed by atoms with E-state index < -0.39 is 30.9 Å². The number of sulfone groups is 1. The number of carbonyl (C=O) groups is 1. The Labute approximate surface area is 227 Å². The molecule has 0 spiro atoms. The molecule has 13 heteroatoms. The monoisotopic (exact) mass is 578 g/mol. The van der Waals surface area contributed by atoms with E-state index in [0.29, 0.717) is 5.56 Å². The van der Waals surface area contributed by atoms with Crippen molar-refractivity contribution in [1.29, 1.82) is 0 Å². The quantitative estimate of drug-likeness (QED) is 0.421. The molecule has 2 heterocycles. The zero-order valence-electron chi connectivity index (χ0n) is 21.0. The van der Waals surface area contributed by atoms with E-state index in [2.05, 4.69) is 15.3 Å². The zero-order chi connectivity index (χ0) is 27.7. The van der Waals surface area contributed by atoms with Gasteiger partial charge in [0.05, 0.1) is 34.1 Å². The van der Waals surface area contributed by atoms with E-state index in [9.17, 15) is 21.6 Å². The van der Waals surface area contributed by atoms with Crippen LogP contribution in [0.1, 0.15) is 35.5 Å². The molecule has 0 bridgehead atoms. The van der Waals surface area contributed by atoms with E-state index in [1.807, 2.05) is 13.8 Å². The molecule has 2 aromatic carbocycles. The molecule has 1 fully saturated rings. The number of carbonyl (C=O) groups excluding carboxylic acids is 1. The number of sulfonamides is 1. The minimum atomic E-state index is -3.96. The van der Waals surface area contributed by atoms with Crippen LogP contribution in [0.4, 0.5) is 5.69 Å². The number of nitrogens with one attached hydrogen (secondary N) is 1. The van der Waals surface area contributed by atoms with Crippen molar-refractivity contribution in [3.8, 4) is 0 Å². The number of aryl methyl sites for hydroxylation is 1. The first-order valence-corrected chi connectivity index (χ1v) is 15.2. The van der Waals surface area contributed by atoms with E-state index in [1.165, 1.54) is 28.6 Å². The van der Waals surface area contributed by atoms with Gasteiger partial charge in [0, 0.05) is 18.8 Å². The molecule has 2 unspecified atom stereocenters. The molecule has 202 valence electrons. The van der Waals surface area contributed by atoms with E-state index >= 15 is 0 Å². The van der Waals surface area contributed by atoms with Gasteiger partial charge in [0.25, 0.3) is 5.91 Å². The largest absolute Gasteiger partial charge is 0.373 e. The normalized spacial score (nSPS) is 18.7. The third kappa shape index (κ3) is 6.21. The molecule has 4 rings (SSSR count). The first kappa shape index (κ1) is 28.1. The van der Waals surface area contributed by atoms with Gasteiger partial charge in [0.1, 0.15) is 0 Å². The lowest BCUT2D eigenvalue weighted by Gasteiger charge is -2.34. The van der Waals surface area contributed by atoms with Gasteiger partial charge in [-0.3, -0.25) is 4.79 Å². The van der Waals surface area contributed by atoms with Crippen molar-refractivity contribution in [3.63, 3.8) is 0 Å². The Balaban J connectivity index is 1.51. The molecule has 2 atom stereocenters. The molecule has 1 aliphatic heterocycles. The molecule has 1 saturated heterocycles. The number of aromatic nitrogens is 2. The predicted molar refractivity (Wildman–Crippen MR) is 142 cm³/mol. The van der Waals surface area contributed by atoms with Crippen LogP contribution in [0.25, 0.3) is 0 Å². The van der Waals surface area contributed by atoms with Crippen molar-refractivity contribution < 1.29 is 26.4 Å². The van der Waals surface area contributed by atoms with Crippen molar-refractivity contribution in [2.45, 2.75) is 48.8 Å². The summed E-state index contributed by atoms with van der Waals surface area (Å²) in [6.45, 7) is 5.91. The van der Waals surface area contributed by atoms with Gasteiger partial charge in [-0.15, -0.1) is 0 Å². The number of hydrogen-bond acceptors (Lipinski definition) is 8. The predicted octanol–water partition coefficient (Wildman–Crippen LogP) is 3.46. The fraction of sp³-hybridized carbons (Fsp3) is 0.320. The first-order valence-electron chi connectivity index (χ1n) is 11.7. The second-order valence-corrected chi connectivity index (χ2v) is 13.3. The molecule has 3 aromatic rings. The Bertz CT molecular complexity index is 1550. The highest BCUT2D eigenvalue weighted by Crippen LogP contribution is 2.24. The van der Waals surface area contributed by atoms with Gasteiger partial charge >= 0.3 is 0 Å². The molecule has 0 saturated carbocycles. The van der Waals surface area contributed by atoms with Crippen molar-refractivity contribution in [2.24, 2.45) is 0 Å². The first-order chi connectivity index (χ1) is 17.9. The molecule has 0 radical (unpaired) electrons. The highest BCUT2D eigenvalue weighted by molar-refractivity contribution is 7.90. The average molecular weight is 579 g/mol. The highest BCUT2D eigenvalue weighted by atomic mass is 35.5. The van der Waals surface area contributed by atoms with Gasteiger partial charge in [0.15, 0.2) is 5.69 Å². The number of morpholine rings is 1. The standard InChI is InChI=1S/C25H27ClN4O6S2/c1-16-6-4-5-7-19(16)15-37(32,33)25-27-12-22(26)23(29-25)24(31)28-20-8-10-21(11-9-20)38(34,35)30-13-17(2)36-18(3)14-30/h4-12,17-18H,13-15H2,1-3H3,(H,28,31). The summed E-state index contributed by atoms with van der Waals surface area (Å²) >= 11 is 6.11. The van der Waals surface area contributed by atoms with Gasteiger partial charge in [-0.2, -0.15) is 4.31 Å². The third-order valence-electron chi connectivity index (χ3n) is 5.96. The maximum atomic E-state index is 13.1. The van der Waals surface area contributed by atoms with Crippen LogP contribution in [0.5, 0.6) is 0 Å². The molecular weight excluding hydrogens is 552 g/mol. The van der Waals surface area contributed by atoms with Crippen molar-refractivity contribution in [1.82, 2.24) is 14.3 Å². The van der Waals surface area contributed by atoms with Crippen molar-refractivity contribution in [3.05, 3.63) is 76.6 Å². The number of halogens is 1. The summed E-state index contributed by atoms with van der Waals surface area (Å²) in [6.07, 6.45) is 0.610. The maximum absolute atomic E-state index is 13.1. The Hall–Kier alpha value is -2.90. The molecule has 1 amide bonds. The Kier molecular flexibility index (Phi) is 8.19. The third-order valence-corrected chi connectivity index (χ3v) is 9.52. The smallest absolute Gasteiger partial charge is 0.275 e. The minimum absolute atomic E-state index is 0.0708. The van der Waals surface area contributed by atoms with Crippen LogP contribution >= 0.6 is 11.6 Å². The van der Waals surface area contributed by atoms with E-state index in [4.69, 9.17) is 16.3 Å². The van der Waals surface area contributed by atoms with Crippen molar-refractivity contribution >= 4 is 43.1 Å². The van der Waals surface area contributed by atoms with Gasteiger partial charge in [0.2, 0.25) is 25.0 Å². The van der Waals surface area contributed by atoms with Crippen LogP contribution in [-0.4, -0.2) is 62.3 Å². The summed E-state index contributed by atoms with van der Waals surface area (Å²) in [7, 11) is -7.71. The van der Waals surface area contributed by atoms with Gasteiger partial charge in [-0.25, -0.2) is 26.8 Å². The summed E-state index contributed by atoms with van der Waals surface area (Å²) in [5.41, 5.74) is 1.34. The molecule has 10 nitrogen and oxygen atoms in total. The van der Waals surface area contributed by atoms with Crippen LogP contribution in [0.3, 0.4) is 0 Å². The Morgan fingerprint density at radius 2 is 1.68 bits per heavy atom. The summed E-state index contributed by atoms with van der Waals surface area (Å²) in [6, 6.07) is 12.7. The lowest BCUT2D eigenvalue weighted by molar-refractivity contribution is -0.0440.